The second kappa shape index (κ2) is 13.6. The van der Waals surface area contributed by atoms with Gasteiger partial charge in [-0.15, -0.1) is 0 Å². The van der Waals surface area contributed by atoms with Gasteiger partial charge in [0.05, 0.1) is 28.6 Å². The topological polar surface area (TPSA) is 137 Å². The van der Waals surface area contributed by atoms with Crippen LogP contribution in [0, 0.1) is 5.92 Å². The van der Waals surface area contributed by atoms with Crippen molar-refractivity contribution in [3.63, 3.8) is 0 Å². The first kappa shape index (κ1) is 33.4. The summed E-state index contributed by atoms with van der Waals surface area (Å²) in [5.41, 5.74) is 6.40. The molecule has 7 rings (SSSR count). The van der Waals surface area contributed by atoms with Crippen LogP contribution in [0.15, 0.2) is 84.0 Å². The number of likely N-dealkylation sites (tertiary alicyclic amines) is 1. The van der Waals surface area contributed by atoms with Crippen molar-refractivity contribution < 1.29 is 18.0 Å². The van der Waals surface area contributed by atoms with Gasteiger partial charge >= 0.3 is 0 Å². The van der Waals surface area contributed by atoms with Crippen molar-refractivity contribution in [1.29, 1.82) is 0 Å². The Morgan fingerprint density at radius 1 is 0.980 bits per heavy atom. The Labute approximate surface area is 291 Å². The van der Waals surface area contributed by atoms with Crippen LogP contribution in [0.3, 0.4) is 0 Å². The molecule has 258 valence electrons. The fourth-order valence-corrected chi connectivity index (χ4v) is 7.50. The summed E-state index contributed by atoms with van der Waals surface area (Å²) in [6.07, 6.45) is 6.49. The maximum atomic E-state index is 13.9. The maximum Gasteiger partial charge on any atom is 0.237 e. The smallest absolute Gasteiger partial charge is 0.237 e. The van der Waals surface area contributed by atoms with Crippen molar-refractivity contribution in [2.24, 2.45) is 13.0 Å². The quantitative estimate of drug-likeness (QED) is 0.240. The third-order valence-electron chi connectivity index (χ3n) is 9.65. The van der Waals surface area contributed by atoms with Gasteiger partial charge in [0.15, 0.2) is 15.7 Å². The summed E-state index contributed by atoms with van der Waals surface area (Å²) in [6.45, 7) is 5.23. The first-order valence-corrected chi connectivity index (χ1v) is 18.7. The highest BCUT2D eigenvalue weighted by atomic mass is 32.2. The van der Waals surface area contributed by atoms with Crippen LogP contribution in [-0.2, 0) is 26.5 Å². The van der Waals surface area contributed by atoms with E-state index in [2.05, 4.69) is 43.4 Å². The number of benzene rings is 3. The highest BCUT2D eigenvalue weighted by molar-refractivity contribution is 7.90. The molecule has 4 heterocycles. The Balaban J connectivity index is 0.962. The average molecular weight is 693 g/mol. The molecule has 0 aliphatic carbocycles. The number of rotatable bonds is 9. The van der Waals surface area contributed by atoms with Crippen molar-refractivity contribution in [3.05, 3.63) is 84.7 Å². The second-order valence-corrected chi connectivity index (χ2v) is 15.1. The summed E-state index contributed by atoms with van der Waals surface area (Å²) in [7, 11) is -1.46. The Kier molecular flexibility index (Phi) is 9.10. The number of carbonyl (C=O) groups excluding carboxylic acids is 2. The number of fused-ring (bicyclic) bond motifs is 1. The summed E-state index contributed by atoms with van der Waals surface area (Å²) in [5.74, 6) is 0.617. The van der Waals surface area contributed by atoms with E-state index in [1.165, 1.54) is 11.8 Å². The van der Waals surface area contributed by atoms with Gasteiger partial charge in [-0.05, 0) is 67.8 Å². The van der Waals surface area contributed by atoms with Gasteiger partial charge in [-0.3, -0.25) is 24.3 Å². The number of hydrogen-bond acceptors (Lipinski definition) is 8. The fraction of sp³-hybridized carbons (Fsp3) is 0.324. The fourth-order valence-electron chi connectivity index (χ4n) is 6.87. The number of H-pyrrole nitrogens is 1. The molecule has 1 saturated heterocycles. The molecule has 0 saturated carbocycles. The van der Waals surface area contributed by atoms with Crippen molar-refractivity contribution in [3.8, 4) is 22.6 Å². The lowest BCUT2D eigenvalue weighted by molar-refractivity contribution is -0.132. The van der Waals surface area contributed by atoms with Gasteiger partial charge in [-0.25, -0.2) is 13.4 Å². The minimum absolute atomic E-state index is 0.0414. The minimum atomic E-state index is -3.31. The highest BCUT2D eigenvalue weighted by Gasteiger charge is 2.33. The lowest BCUT2D eigenvalue weighted by Crippen LogP contribution is -2.42. The Morgan fingerprint density at radius 2 is 1.72 bits per heavy atom. The van der Waals surface area contributed by atoms with Crippen molar-refractivity contribution in [1.82, 2.24) is 34.8 Å². The Bertz CT molecular complexity index is 2190. The molecule has 1 atom stereocenters. The van der Waals surface area contributed by atoms with E-state index in [-0.39, 0.29) is 22.6 Å². The number of aromatic amines is 1. The van der Waals surface area contributed by atoms with Crippen LogP contribution < -0.4 is 4.90 Å². The van der Waals surface area contributed by atoms with E-state index < -0.39 is 9.84 Å². The van der Waals surface area contributed by atoms with Crippen LogP contribution in [0.2, 0.25) is 0 Å². The molecule has 2 aromatic heterocycles. The minimum Gasteiger partial charge on any atom is -0.338 e. The molecular weight excluding hydrogens is 653 g/mol. The highest BCUT2D eigenvalue weighted by Crippen LogP contribution is 2.32. The molecular formula is C37H40N8O4S. The van der Waals surface area contributed by atoms with Crippen LogP contribution in [0.1, 0.15) is 25.3 Å². The van der Waals surface area contributed by atoms with E-state index in [1.54, 1.807) is 40.2 Å². The number of carbonyl (C=O) groups is 2. The third-order valence-corrected chi connectivity index (χ3v) is 10.8. The van der Waals surface area contributed by atoms with Crippen LogP contribution in [0.4, 0.5) is 5.69 Å². The van der Waals surface area contributed by atoms with Crippen molar-refractivity contribution in [2.75, 3.05) is 50.4 Å². The van der Waals surface area contributed by atoms with E-state index in [0.29, 0.717) is 57.2 Å². The van der Waals surface area contributed by atoms with Gasteiger partial charge in [0.2, 0.25) is 11.8 Å². The van der Waals surface area contributed by atoms with Gasteiger partial charge < -0.3 is 9.80 Å². The van der Waals surface area contributed by atoms with Gasteiger partial charge in [-0.2, -0.15) is 10.2 Å². The zero-order valence-electron chi connectivity index (χ0n) is 28.4. The molecule has 5 aromatic rings. The summed E-state index contributed by atoms with van der Waals surface area (Å²) in [6, 6.07) is 20.7. The molecule has 13 heteroatoms. The average Bonchev–Trinajstić information content (AvgIpc) is 3.88. The molecule has 2 aliphatic rings. The summed E-state index contributed by atoms with van der Waals surface area (Å²) < 4.78 is 25.5. The Morgan fingerprint density at radius 3 is 2.38 bits per heavy atom. The van der Waals surface area contributed by atoms with E-state index in [0.717, 1.165) is 39.7 Å². The van der Waals surface area contributed by atoms with Gasteiger partial charge in [0.1, 0.15) is 6.33 Å². The molecule has 1 N–H and O–H groups in total. The van der Waals surface area contributed by atoms with Crippen LogP contribution in [-0.4, -0.2) is 101 Å². The number of nitrogens with zero attached hydrogens (tertiary/aromatic N) is 7. The van der Waals surface area contributed by atoms with Crippen LogP contribution in [0.5, 0.6) is 0 Å². The van der Waals surface area contributed by atoms with Crippen LogP contribution >= 0.6 is 0 Å². The predicted molar refractivity (Wildman–Crippen MR) is 193 cm³/mol. The lowest BCUT2D eigenvalue weighted by Gasteiger charge is -2.29. The van der Waals surface area contributed by atoms with Crippen molar-refractivity contribution in [2.45, 2.75) is 24.7 Å². The lowest BCUT2D eigenvalue weighted by atomic mass is 9.98. The zero-order chi connectivity index (χ0) is 35.0. The Hall–Kier alpha value is -5.14. The van der Waals surface area contributed by atoms with Gasteiger partial charge in [0.25, 0.3) is 0 Å². The standard InChI is InChI=1S/C37H40N8O4S/c1-4-45(30-11-14-33-32(21-30)35(40-39-33)27-9-12-31(13-10-27)50(3,48)49)37(47)29-15-18-43(22-29)23-34(46)44-19-16-26(17-20-44)25-5-7-28(8-6-25)36-38-24-42(2)41-36/h5-14,16,21,24,29H,4,15,17-20,22-23H2,1-3H3,(H,39,40)/t29-/m1/s1. The monoisotopic (exact) mass is 692 g/mol. The number of hydrogen-bond donors (Lipinski definition) is 1. The van der Waals surface area contributed by atoms with E-state index >= 15 is 0 Å². The maximum absolute atomic E-state index is 13.9. The number of sulfone groups is 1. The molecule has 2 amide bonds. The van der Waals surface area contributed by atoms with E-state index in [1.807, 2.05) is 49.2 Å². The second-order valence-electron chi connectivity index (χ2n) is 13.0. The van der Waals surface area contributed by atoms with Gasteiger partial charge in [-0.1, -0.05) is 42.5 Å². The largest absolute Gasteiger partial charge is 0.338 e. The first-order chi connectivity index (χ1) is 24.1. The van der Waals surface area contributed by atoms with Crippen LogP contribution in [0.25, 0.3) is 39.1 Å². The molecule has 50 heavy (non-hydrogen) atoms. The molecule has 2 aliphatic heterocycles. The third kappa shape index (κ3) is 6.83. The number of anilines is 1. The SMILES string of the molecule is CCN(C(=O)[C@@H]1CCN(CC(=O)N2CC=C(c3ccc(-c4ncn(C)n4)cc3)CC2)C1)c1ccc2[nH]nc(-c3ccc(S(C)(=O)=O)cc3)c2c1. The van der Waals surface area contributed by atoms with Crippen molar-refractivity contribution >= 4 is 43.8 Å². The molecule has 0 spiro atoms. The summed E-state index contributed by atoms with van der Waals surface area (Å²) in [5, 5.41) is 12.7. The molecule has 0 bridgehead atoms. The molecule has 3 aromatic carbocycles. The molecule has 1 fully saturated rings. The van der Waals surface area contributed by atoms with Gasteiger partial charge in [0, 0.05) is 61.7 Å². The first-order valence-electron chi connectivity index (χ1n) is 16.8. The van der Waals surface area contributed by atoms with E-state index in [4.69, 9.17) is 0 Å². The van der Waals surface area contributed by atoms with E-state index in [9.17, 15) is 18.0 Å². The molecule has 12 nitrogen and oxygen atoms in total. The molecule has 0 unspecified atom stereocenters. The molecule has 0 radical (unpaired) electrons. The summed E-state index contributed by atoms with van der Waals surface area (Å²) >= 11 is 0. The number of aryl methyl sites for hydroxylation is 1. The number of amides is 2. The predicted octanol–water partition coefficient (Wildman–Crippen LogP) is 4.42. The number of nitrogens with one attached hydrogen (secondary N) is 1. The number of aromatic nitrogens is 5. The normalized spacial score (nSPS) is 16.9. The summed E-state index contributed by atoms with van der Waals surface area (Å²) in [4.78, 5) is 37.5. The zero-order valence-corrected chi connectivity index (χ0v) is 29.2.